The highest BCUT2D eigenvalue weighted by molar-refractivity contribution is 7.92. The Morgan fingerprint density at radius 1 is 1.33 bits per heavy atom. The molecular formula is C16H18N2O5S. The lowest BCUT2D eigenvalue weighted by Crippen LogP contribution is -2.15. The summed E-state index contributed by atoms with van der Waals surface area (Å²) in [6.45, 7) is 2.01. The summed E-state index contributed by atoms with van der Waals surface area (Å²) in [5.74, 6) is -1.05. The Hall–Kier alpha value is -2.61. The van der Waals surface area contributed by atoms with Crippen molar-refractivity contribution in [3.05, 3.63) is 47.7 Å². The van der Waals surface area contributed by atoms with E-state index in [1.807, 2.05) is 6.92 Å². The van der Waals surface area contributed by atoms with Crippen LogP contribution in [0.4, 0.5) is 5.69 Å². The number of carboxylic acids is 1. The number of anilines is 1. The Labute approximate surface area is 140 Å². The van der Waals surface area contributed by atoms with E-state index in [-0.39, 0.29) is 22.0 Å². The maximum atomic E-state index is 12.5. The van der Waals surface area contributed by atoms with Gasteiger partial charge in [0.2, 0.25) is 5.88 Å². The number of aromatic carboxylic acids is 1. The molecule has 0 atom stereocenters. The van der Waals surface area contributed by atoms with Gasteiger partial charge in [-0.25, -0.2) is 18.2 Å². The highest BCUT2D eigenvalue weighted by Gasteiger charge is 2.19. The van der Waals surface area contributed by atoms with Crippen molar-refractivity contribution in [1.82, 2.24) is 4.98 Å². The van der Waals surface area contributed by atoms with Crippen molar-refractivity contribution in [2.24, 2.45) is 0 Å². The first-order valence-electron chi connectivity index (χ1n) is 7.26. The molecule has 0 saturated carbocycles. The number of rotatable bonds is 7. The number of nitrogens with zero attached hydrogens (tertiary/aromatic N) is 1. The molecule has 0 amide bonds. The minimum absolute atomic E-state index is 0.109. The van der Waals surface area contributed by atoms with Crippen molar-refractivity contribution in [2.45, 2.75) is 24.7 Å². The lowest BCUT2D eigenvalue weighted by atomic mass is 10.1. The molecule has 1 heterocycles. The highest BCUT2D eigenvalue weighted by Crippen LogP contribution is 2.26. The summed E-state index contributed by atoms with van der Waals surface area (Å²) in [4.78, 5) is 15.0. The third-order valence-electron chi connectivity index (χ3n) is 3.28. The average Bonchev–Trinajstić information content (AvgIpc) is 2.55. The van der Waals surface area contributed by atoms with Gasteiger partial charge in [-0.1, -0.05) is 19.4 Å². The van der Waals surface area contributed by atoms with Crippen molar-refractivity contribution in [3.63, 3.8) is 0 Å². The van der Waals surface area contributed by atoms with Gasteiger partial charge >= 0.3 is 5.97 Å². The smallest absolute Gasteiger partial charge is 0.335 e. The average molecular weight is 350 g/mol. The molecule has 2 N–H and O–H groups in total. The van der Waals surface area contributed by atoms with Gasteiger partial charge in [0.25, 0.3) is 10.0 Å². The Morgan fingerprint density at radius 3 is 2.71 bits per heavy atom. The molecule has 2 rings (SSSR count). The topological polar surface area (TPSA) is 106 Å². The molecule has 0 radical (unpaired) electrons. The molecule has 0 saturated heterocycles. The summed E-state index contributed by atoms with van der Waals surface area (Å²) in [5, 5.41) is 9.00. The van der Waals surface area contributed by atoms with E-state index in [9.17, 15) is 13.2 Å². The summed E-state index contributed by atoms with van der Waals surface area (Å²) in [6, 6.07) is 6.78. The fourth-order valence-corrected chi connectivity index (χ4v) is 3.25. The van der Waals surface area contributed by atoms with Gasteiger partial charge in [-0.2, -0.15) is 0 Å². The lowest BCUT2D eigenvalue weighted by Gasteiger charge is -2.12. The fraction of sp³-hybridized carbons (Fsp3) is 0.250. The predicted molar refractivity (Wildman–Crippen MR) is 89.0 cm³/mol. The van der Waals surface area contributed by atoms with Crippen LogP contribution in [0.15, 0.2) is 41.4 Å². The number of nitrogens with one attached hydrogen (secondary N) is 1. The van der Waals surface area contributed by atoms with E-state index in [0.717, 1.165) is 24.5 Å². The molecule has 1 aromatic heterocycles. The molecule has 0 bridgehead atoms. The number of carbonyl (C=O) groups is 1. The number of sulfonamides is 1. The normalized spacial score (nSPS) is 11.1. The standard InChI is InChI=1S/C16H18N2O5S/c1-3-5-11-8-14(15(23-2)17-10-11)18-24(21,22)13-7-4-6-12(9-13)16(19)20/h4,6-10,18H,3,5H2,1-2H3,(H,19,20). The monoisotopic (exact) mass is 350 g/mol. The molecule has 1 aromatic carbocycles. The number of pyridine rings is 1. The molecule has 128 valence electrons. The molecule has 0 aliphatic rings. The molecule has 8 heteroatoms. The Kier molecular flexibility index (Phi) is 5.40. The quantitative estimate of drug-likeness (QED) is 0.795. The zero-order valence-corrected chi connectivity index (χ0v) is 14.1. The second-order valence-corrected chi connectivity index (χ2v) is 6.77. The van der Waals surface area contributed by atoms with Gasteiger partial charge in [-0.05, 0) is 36.2 Å². The minimum Gasteiger partial charge on any atom is -0.480 e. The van der Waals surface area contributed by atoms with Crippen LogP contribution in [0, 0.1) is 0 Å². The van der Waals surface area contributed by atoms with Gasteiger partial charge < -0.3 is 9.84 Å². The Balaban J connectivity index is 2.40. The van der Waals surface area contributed by atoms with E-state index >= 15 is 0 Å². The van der Waals surface area contributed by atoms with Crippen LogP contribution in [-0.4, -0.2) is 31.6 Å². The maximum absolute atomic E-state index is 12.5. The van der Waals surface area contributed by atoms with Gasteiger partial charge in [0, 0.05) is 6.20 Å². The van der Waals surface area contributed by atoms with E-state index in [2.05, 4.69) is 9.71 Å². The van der Waals surface area contributed by atoms with Crippen molar-refractivity contribution in [3.8, 4) is 5.88 Å². The first-order valence-corrected chi connectivity index (χ1v) is 8.74. The second-order valence-electron chi connectivity index (χ2n) is 5.09. The molecule has 0 aliphatic carbocycles. The number of benzene rings is 1. The maximum Gasteiger partial charge on any atom is 0.335 e. The van der Waals surface area contributed by atoms with E-state index in [4.69, 9.17) is 9.84 Å². The lowest BCUT2D eigenvalue weighted by molar-refractivity contribution is 0.0696. The van der Waals surface area contributed by atoms with Gasteiger partial charge in [-0.15, -0.1) is 0 Å². The number of carboxylic acid groups (broad SMARTS) is 1. The van der Waals surface area contributed by atoms with Crippen LogP contribution in [0.2, 0.25) is 0 Å². The van der Waals surface area contributed by atoms with Crippen molar-refractivity contribution < 1.29 is 23.1 Å². The van der Waals surface area contributed by atoms with Gasteiger partial charge in [0.05, 0.1) is 17.6 Å². The number of hydrogen-bond donors (Lipinski definition) is 2. The predicted octanol–water partition coefficient (Wildman–Crippen LogP) is 2.54. The van der Waals surface area contributed by atoms with Crippen LogP contribution in [0.25, 0.3) is 0 Å². The number of aromatic nitrogens is 1. The van der Waals surface area contributed by atoms with Gasteiger partial charge in [-0.3, -0.25) is 4.72 Å². The van der Waals surface area contributed by atoms with E-state index in [1.54, 1.807) is 12.3 Å². The number of methoxy groups -OCH3 is 1. The van der Waals surface area contributed by atoms with Crippen molar-refractivity contribution in [1.29, 1.82) is 0 Å². The summed E-state index contributed by atoms with van der Waals surface area (Å²) in [5.41, 5.74) is 0.974. The molecule has 2 aromatic rings. The molecule has 0 fully saturated rings. The van der Waals surface area contributed by atoms with E-state index in [1.165, 1.54) is 25.3 Å². The van der Waals surface area contributed by atoms with Crippen molar-refractivity contribution in [2.75, 3.05) is 11.8 Å². The van der Waals surface area contributed by atoms with Gasteiger partial charge in [0.15, 0.2) is 0 Å². The van der Waals surface area contributed by atoms with Crippen molar-refractivity contribution >= 4 is 21.7 Å². The number of hydrogen-bond acceptors (Lipinski definition) is 5. The van der Waals surface area contributed by atoms with Crippen LogP contribution in [0.1, 0.15) is 29.3 Å². The molecule has 0 spiro atoms. The third-order valence-corrected chi connectivity index (χ3v) is 4.64. The number of ether oxygens (including phenoxy) is 1. The summed E-state index contributed by atoms with van der Waals surface area (Å²) < 4.78 is 32.6. The molecular weight excluding hydrogens is 332 g/mol. The summed E-state index contributed by atoms with van der Waals surface area (Å²) in [7, 11) is -2.57. The minimum atomic E-state index is -3.97. The van der Waals surface area contributed by atoms with E-state index in [0.29, 0.717) is 0 Å². The molecule has 0 aliphatic heterocycles. The van der Waals surface area contributed by atoms with E-state index < -0.39 is 16.0 Å². The van der Waals surface area contributed by atoms with Gasteiger partial charge in [0.1, 0.15) is 5.69 Å². The van der Waals surface area contributed by atoms with Crippen LogP contribution in [0.3, 0.4) is 0 Å². The van der Waals surface area contributed by atoms with Crippen LogP contribution >= 0.6 is 0 Å². The molecule has 0 unspecified atom stereocenters. The zero-order valence-electron chi connectivity index (χ0n) is 13.3. The first kappa shape index (κ1) is 17.7. The zero-order chi connectivity index (χ0) is 17.7. The highest BCUT2D eigenvalue weighted by atomic mass is 32.2. The third kappa shape index (κ3) is 4.02. The van der Waals surface area contributed by atoms with Crippen LogP contribution in [0.5, 0.6) is 5.88 Å². The van der Waals surface area contributed by atoms with Crippen LogP contribution < -0.4 is 9.46 Å². The molecule has 7 nitrogen and oxygen atoms in total. The van der Waals surface area contributed by atoms with Crippen LogP contribution in [-0.2, 0) is 16.4 Å². The molecule has 24 heavy (non-hydrogen) atoms. The SMILES string of the molecule is CCCc1cnc(OC)c(NS(=O)(=O)c2cccc(C(=O)O)c2)c1. The fourth-order valence-electron chi connectivity index (χ4n) is 2.16. The Bertz CT molecular complexity index is 849. The second kappa shape index (κ2) is 7.31. The summed E-state index contributed by atoms with van der Waals surface area (Å²) >= 11 is 0. The first-order chi connectivity index (χ1) is 11.4. The largest absolute Gasteiger partial charge is 0.480 e. The Morgan fingerprint density at radius 2 is 2.08 bits per heavy atom. The number of aryl methyl sites for hydroxylation is 1. The summed E-state index contributed by atoms with van der Waals surface area (Å²) in [6.07, 6.45) is 3.27.